The summed E-state index contributed by atoms with van der Waals surface area (Å²) in [4.78, 5) is 12.3. The first-order valence-corrected chi connectivity index (χ1v) is 7.06. The summed E-state index contributed by atoms with van der Waals surface area (Å²) in [5.41, 5.74) is 1.25. The van der Waals surface area contributed by atoms with E-state index in [4.69, 9.17) is 21.6 Å². The van der Waals surface area contributed by atoms with Crippen molar-refractivity contribution in [2.75, 3.05) is 6.98 Å². The number of nitrogens with two attached hydrogens (primary N) is 1. The van der Waals surface area contributed by atoms with Crippen LogP contribution in [0.2, 0.25) is 0 Å². The van der Waals surface area contributed by atoms with Gasteiger partial charge in [-0.1, -0.05) is 18.2 Å². The topological polar surface area (TPSA) is 121 Å². The molecular formula is C12H17N3O5S. The molecule has 0 atom stereocenters. The average Bonchev–Trinajstić information content (AvgIpc) is 2.61. The fraction of sp³-hybridized carbons (Fsp3) is 0.250. The summed E-state index contributed by atoms with van der Waals surface area (Å²) in [6, 6.07) is 9.13. The molecule has 2 aromatic rings. The first kappa shape index (κ1) is 12.8. The molecule has 0 aliphatic carbocycles. The van der Waals surface area contributed by atoms with E-state index in [0.717, 1.165) is 5.32 Å². The number of rotatable bonds is 2. The Kier molecular flexibility index (Phi) is 4.06. The van der Waals surface area contributed by atoms with Crippen LogP contribution in [-0.2, 0) is 17.4 Å². The van der Waals surface area contributed by atoms with E-state index in [0.29, 0.717) is 11.4 Å². The molecule has 116 valence electrons. The van der Waals surface area contributed by atoms with Gasteiger partial charge in [0.15, 0.2) is 0 Å². The predicted octanol–water partition coefficient (Wildman–Crippen LogP) is -0.686. The Hall–Kier alpha value is -1.94. The number of hydrogen-bond donors (Lipinski definition) is 2. The molecule has 3 N–H and O–H groups in total. The lowest BCUT2D eigenvalue weighted by atomic mass is 10.3. The molecule has 0 fully saturated rings. The molecule has 0 spiro atoms. The molecule has 0 unspecified atom stereocenters. The van der Waals surface area contributed by atoms with E-state index in [-0.39, 0.29) is 11.2 Å². The van der Waals surface area contributed by atoms with E-state index < -0.39 is 17.4 Å². The Balaban J connectivity index is 0.000000505. The number of benzene rings is 1. The number of aromatic nitrogens is 2. The zero-order valence-electron chi connectivity index (χ0n) is 14.3. The molecule has 1 heterocycles. The van der Waals surface area contributed by atoms with Gasteiger partial charge < -0.3 is 9.87 Å². The van der Waals surface area contributed by atoms with E-state index in [2.05, 4.69) is 0 Å². The van der Waals surface area contributed by atoms with Crippen LogP contribution in [0.3, 0.4) is 0 Å². The van der Waals surface area contributed by atoms with Crippen LogP contribution >= 0.6 is 0 Å². The smallest absolute Gasteiger partial charge is 0.332 e. The van der Waals surface area contributed by atoms with E-state index in [9.17, 15) is 4.79 Å². The summed E-state index contributed by atoms with van der Waals surface area (Å²) in [5, 5.41) is 1.05. The van der Waals surface area contributed by atoms with Gasteiger partial charge in [0.25, 0.3) is 0 Å². The molecular weight excluding hydrogens is 298 g/mol. The van der Waals surface area contributed by atoms with Crippen LogP contribution in [0, 0.1) is 6.92 Å². The molecule has 8 nitrogen and oxygen atoms in total. The van der Waals surface area contributed by atoms with Gasteiger partial charge in [-0.25, -0.2) is 13.1 Å². The molecule has 0 radical (unpaired) electrons. The first-order valence-electron chi connectivity index (χ1n) is 7.19. The number of para-hydroxylation sites is 1. The van der Waals surface area contributed by atoms with Gasteiger partial charge in [0, 0.05) is 7.05 Å². The molecule has 1 aromatic heterocycles. The van der Waals surface area contributed by atoms with Crippen LogP contribution < -0.4 is 10.9 Å². The normalized spacial score (nSPS) is 13.6. The summed E-state index contributed by atoms with van der Waals surface area (Å²) in [6.07, 6.45) is 0. The monoisotopic (exact) mass is 318 g/mol. The van der Waals surface area contributed by atoms with Crippen molar-refractivity contribution in [1.29, 1.82) is 0 Å². The summed E-state index contributed by atoms with van der Waals surface area (Å²) in [7, 11) is -3.18. The number of hydrogen-bond acceptors (Lipinski definition) is 4. The Morgan fingerprint density at radius 2 is 1.86 bits per heavy atom. The highest BCUT2D eigenvalue weighted by molar-refractivity contribution is 7.79. The van der Waals surface area contributed by atoms with Crippen LogP contribution in [0.25, 0.3) is 5.69 Å². The molecule has 0 saturated carbocycles. The molecule has 21 heavy (non-hydrogen) atoms. The van der Waals surface area contributed by atoms with Gasteiger partial charge in [0.05, 0.1) is 22.5 Å². The highest BCUT2D eigenvalue weighted by atomic mass is 32.3. The van der Waals surface area contributed by atoms with Crippen LogP contribution in [0.4, 0.5) is 5.69 Å². The Morgan fingerprint density at radius 3 is 2.33 bits per heavy atom. The molecule has 1 aromatic carbocycles. The minimum absolute atomic E-state index is 0.228. The van der Waals surface area contributed by atoms with Crippen LogP contribution in [0.5, 0.6) is 0 Å². The summed E-state index contributed by atoms with van der Waals surface area (Å²) in [6.45, 7) is -0.530. The third kappa shape index (κ3) is 4.53. The molecule has 0 amide bonds. The highest BCUT2D eigenvalue weighted by Gasteiger charge is 2.17. The molecule has 0 aliphatic heterocycles. The summed E-state index contributed by atoms with van der Waals surface area (Å²) < 4.78 is 57.8. The lowest BCUT2D eigenvalue weighted by Crippen LogP contribution is -2.75. The molecule has 0 aliphatic rings. The van der Waals surface area contributed by atoms with Gasteiger partial charge in [-0.3, -0.25) is 14.0 Å². The standard InChI is InChI=1S/C12H15N3O.H2O4S/c1-9-11(13-2)12(16)15(14(9)3)10-7-5-4-6-8-10;1-5(2,3)4/h4-8,13H,1-3H3;(H2,1,2,3,4)/i2D3;. The quantitative estimate of drug-likeness (QED) is 0.561. The Labute approximate surface area is 126 Å². The second-order valence-corrected chi connectivity index (χ2v) is 4.90. The third-order valence-electron chi connectivity index (χ3n) is 2.74. The maximum absolute atomic E-state index is 12.3. The average molecular weight is 318 g/mol. The fourth-order valence-corrected chi connectivity index (χ4v) is 1.76. The van der Waals surface area contributed by atoms with Crippen LogP contribution in [0.1, 0.15) is 9.81 Å². The van der Waals surface area contributed by atoms with E-state index in [1.54, 1.807) is 30.8 Å². The molecule has 2 rings (SSSR count). The molecule has 0 bridgehead atoms. The van der Waals surface area contributed by atoms with Crippen molar-refractivity contribution in [3.8, 4) is 5.69 Å². The first-order chi connectivity index (χ1) is 10.8. The SMILES string of the molecule is O=S(=O)([O-])O.[2H]C([2H])([2H])[NH2+]c1c(C)n(C)n(-c2ccccc2)c1=O. The maximum Gasteiger partial charge on any atom is 0.332 e. The lowest BCUT2D eigenvalue weighted by molar-refractivity contribution is -0.540. The highest BCUT2D eigenvalue weighted by Crippen LogP contribution is 2.09. The molecule has 9 heteroatoms. The van der Waals surface area contributed by atoms with Gasteiger partial charge in [0.2, 0.25) is 16.1 Å². The minimum atomic E-state index is -4.92. The predicted molar refractivity (Wildman–Crippen MR) is 75.6 cm³/mol. The molecule has 0 saturated heterocycles. The second kappa shape index (κ2) is 6.68. The van der Waals surface area contributed by atoms with Crippen molar-refractivity contribution in [2.45, 2.75) is 6.92 Å². The van der Waals surface area contributed by atoms with Gasteiger partial charge >= 0.3 is 5.56 Å². The van der Waals surface area contributed by atoms with Crippen molar-refractivity contribution in [2.24, 2.45) is 7.05 Å². The number of quaternary nitrogens is 1. The zero-order chi connectivity index (χ0) is 18.7. The Morgan fingerprint density at radius 1 is 1.33 bits per heavy atom. The van der Waals surface area contributed by atoms with Crippen LogP contribution in [-0.4, -0.2) is 33.9 Å². The van der Waals surface area contributed by atoms with Gasteiger partial charge in [-0.15, -0.1) is 0 Å². The number of nitrogens with zero attached hydrogens (tertiary/aromatic N) is 2. The van der Waals surface area contributed by atoms with Crippen molar-refractivity contribution in [3.05, 3.63) is 46.4 Å². The van der Waals surface area contributed by atoms with Gasteiger partial charge in [-0.05, 0) is 19.1 Å². The van der Waals surface area contributed by atoms with E-state index in [1.165, 1.54) is 4.68 Å². The maximum atomic E-state index is 12.3. The van der Waals surface area contributed by atoms with Crippen LogP contribution in [0.15, 0.2) is 35.1 Å². The van der Waals surface area contributed by atoms with Crippen molar-refractivity contribution in [1.82, 2.24) is 9.36 Å². The summed E-state index contributed by atoms with van der Waals surface area (Å²) in [5.74, 6) is 0. The van der Waals surface area contributed by atoms with E-state index >= 15 is 0 Å². The zero-order valence-corrected chi connectivity index (χ0v) is 12.2. The van der Waals surface area contributed by atoms with Gasteiger partial charge in [0.1, 0.15) is 0 Å². The minimum Gasteiger partial charge on any atom is -0.726 e. The van der Waals surface area contributed by atoms with Crippen molar-refractivity contribution in [3.63, 3.8) is 0 Å². The Bertz CT molecular complexity index is 849. The van der Waals surface area contributed by atoms with Gasteiger partial charge in [-0.2, -0.15) is 0 Å². The summed E-state index contributed by atoms with van der Waals surface area (Å²) >= 11 is 0. The van der Waals surface area contributed by atoms with Crippen molar-refractivity contribution < 1.29 is 27.0 Å². The van der Waals surface area contributed by atoms with E-state index in [1.807, 2.05) is 18.2 Å². The second-order valence-electron chi connectivity index (χ2n) is 4.05. The van der Waals surface area contributed by atoms with Crippen molar-refractivity contribution >= 4 is 16.1 Å². The third-order valence-corrected chi connectivity index (χ3v) is 2.74. The largest absolute Gasteiger partial charge is 0.726 e. The fourth-order valence-electron chi connectivity index (χ4n) is 1.76. The lowest BCUT2D eigenvalue weighted by Gasteiger charge is -2.06.